The Morgan fingerprint density at radius 3 is 3.04 bits per heavy atom. The van der Waals surface area contributed by atoms with Crippen LogP contribution in [0.25, 0.3) is 0 Å². The van der Waals surface area contributed by atoms with Crippen molar-refractivity contribution in [2.24, 2.45) is 0 Å². The number of likely N-dealkylation sites (N-methyl/N-ethyl adjacent to an activating group) is 1. The Hall–Kier alpha value is -2.06. The second kappa shape index (κ2) is 8.55. The van der Waals surface area contributed by atoms with E-state index in [1.165, 1.54) is 6.07 Å². The lowest BCUT2D eigenvalue weighted by atomic mass is 10.2. The van der Waals surface area contributed by atoms with Crippen molar-refractivity contribution in [1.82, 2.24) is 15.1 Å². The average molecular weight is 422 g/mol. The standard InChI is InChI=1S/C18H21BrFN5O/c1-24(12-18(26)22-16-7-6-13(19)10-15(16)20)11-14-4-3-9-25(14)17-5-2-8-21-23-17/h2,5-8,10,14H,3-4,9,11-12H2,1H3,(H,22,26). The molecule has 2 aromatic rings. The topological polar surface area (TPSA) is 61.4 Å². The molecule has 1 amide bonds. The van der Waals surface area contributed by atoms with Crippen molar-refractivity contribution in [2.75, 3.05) is 36.9 Å². The number of amides is 1. The van der Waals surface area contributed by atoms with Gasteiger partial charge in [-0.1, -0.05) is 15.9 Å². The van der Waals surface area contributed by atoms with Crippen LogP contribution in [0.15, 0.2) is 41.0 Å². The summed E-state index contributed by atoms with van der Waals surface area (Å²) in [5.41, 5.74) is 0.189. The molecule has 1 saturated heterocycles. The molecule has 1 aromatic carbocycles. The maximum Gasteiger partial charge on any atom is 0.238 e. The molecule has 0 aliphatic carbocycles. The predicted octanol–water partition coefficient (Wildman–Crippen LogP) is 2.92. The summed E-state index contributed by atoms with van der Waals surface area (Å²) in [6.45, 7) is 1.86. The molecule has 0 spiro atoms. The summed E-state index contributed by atoms with van der Waals surface area (Å²) in [4.78, 5) is 16.4. The number of aromatic nitrogens is 2. The minimum absolute atomic E-state index is 0.189. The Labute approximate surface area is 160 Å². The number of halogens is 2. The lowest BCUT2D eigenvalue weighted by Gasteiger charge is -2.28. The molecule has 1 aromatic heterocycles. The monoisotopic (exact) mass is 421 g/mol. The fourth-order valence-corrected chi connectivity index (χ4v) is 3.56. The maximum atomic E-state index is 13.8. The van der Waals surface area contributed by atoms with Gasteiger partial charge in [0, 0.05) is 29.8 Å². The van der Waals surface area contributed by atoms with Gasteiger partial charge in [0.25, 0.3) is 0 Å². The number of hydrogen-bond donors (Lipinski definition) is 1. The molecular formula is C18H21BrFN5O. The summed E-state index contributed by atoms with van der Waals surface area (Å²) in [5.74, 6) is 0.169. The van der Waals surface area contributed by atoms with Crippen LogP contribution in [-0.2, 0) is 4.79 Å². The molecule has 1 aliphatic rings. The van der Waals surface area contributed by atoms with Gasteiger partial charge < -0.3 is 10.2 Å². The second-order valence-electron chi connectivity index (χ2n) is 6.44. The normalized spacial score (nSPS) is 16.9. The first kappa shape index (κ1) is 18.7. The third kappa shape index (κ3) is 4.76. The zero-order valence-electron chi connectivity index (χ0n) is 14.5. The van der Waals surface area contributed by atoms with Gasteiger partial charge in [-0.15, -0.1) is 5.10 Å². The quantitative estimate of drug-likeness (QED) is 0.776. The van der Waals surface area contributed by atoms with E-state index in [4.69, 9.17) is 0 Å². The van der Waals surface area contributed by atoms with E-state index in [1.807, 2.05) is 24.1 Å². The molecular weight excluding hydrogens is 401 g/mol. The Balaban J connectivity index is 1.54. The summed E-state index contributed by atoms with van der Waals surface area (Å²) in [7, 11) is 1.89. The number of carbonyl (C=O) groups is 1. The van der Waals surface area contributed by atoms with Crippen LogP contribution < -0.4 is 10.2 Å². The van der Waals surface area contributed by atoms with Crippen LogP contribution in [0.2, 0.25) is 0 Å². The third-order valence-corrected chi connectivity index (χ3v) is 4.86. The van der Waals surface area contributed by atoms with E-state index in [1.54, 1.807) is 18.3 Å². The molecule has 1 N–H and O–H groups in total. The van der Waals surface area contributed by atoms with Crippen molar-refractivity contribution in [3.8, 4) is 0 Å². The fraction of sp³-hybridized carbons (Fsp3) is 0.389. The minimum Gasteiger partial charge on any atom is -0.351 e. The summed E-state index contributed by atoms with van der Waals surface area (Å²) in [5, 5.41) is 10.8. The van der Waals surface area contributed by atoms with Crippen LogP contribution in [0.5, 0.6) is 0 Å². The van der Waals surface area contributed by atoms with E-state index in [0.29, 0.717) is 4.47 Å². The van der Waals surface area contributed by atoms with E-state index < -0.39 is 5.82 Å². The van der Waals surface area contributed by atoms with E-state index in [0.717, 1.165) is 31.7 Å². The van der Waals surface area contributed by atoms with Crippen molar-refractivity contribution >= 4 is 33.3 Å². The third-order valence-electron chi connectivity index (χ3n) is 4.37. The van der Waals surface area contributed by atoms with E-state index >= 15 is 0 Å². The van der Waals surface area contributed by atoms with Crippen LogP contribution in [0.4, 0.5) is 15.9 Å². The molecule has 1 fully saturated rings. The Morgan fingerprint density at radius 1 is 1.46 bits per heavy atom. The number of rotatable bonds is 6. The first-order valence-electron chi connectivity index (χ1n) is 8.51. The highest BCUT2D eigenvalue weighted by atomic mass is 79.9. The van der Waals surface area contributed by atoms with Gasteiger partial charge in [-0.3, -0.25) is 9.69 Å². The van der Waals surface area contributed by atoms with Gasteiger partial charge in [-0.05, 0) is 50.2 Å². The van der Waals surface area contributed by atoms with Crippen molar-refractivity contribution < 1.29 is 9.18 Å². The van der Waals surface area contributed by atoms with Gasteiger partial charge in [0.05, 0.1) is 12.2 Å². The van der Waals surface area contributed by atoms with Crippen molar-refractivity contribution in [2.45, 2.75) is 18.9 Å². The van der Waals surface area contributed by atoms with Crippen LogP contribution in [0, 0.1) is 5.82 Å². The molecule has 3 rings (SSSR count). The van der Waals surface area contributed by atoms with Gasteiger partial charge in [0.2, 0.25) is 5.91 Å². The molecule has 8 heteroatoms. The van der Waals surface area contributed by atoms with Crippen molar-refractivity contribution in [1.29, 1.82) is 0 Å². The van der Waals surface area contributed by atoms with Crippen LogP contribution in [0.1, 0.15) is 12.8 Å². The molecule has 0 saturated carbocycles. The molecule has 0 bridgehead atoms. The van der Waals surface area contributed by atoms with E-state index in [-0.39, 0.29) is 24.2 Å². The molecule has 6 nitrogen and oxygen atoms in total. The SMILES string of the molecule is CN(CC(=O)Nc1ccc(Br)cc1F)CC1CCCN1c1cccnn1. The molecule has 1 unspecified atom stereocenters. The maximum absolute atomic E-state index is 13.8. The number of nitrogens with one attached hydrogen (secondary N) is 1. The first-order valence-corrected chi connectivity index (χ1v) is 9.30. The lowest BCUT2D eigenvalue weighted by molar-refractivity contribution is -0.117. The molecule has 138 valence electrons. The molecule has 1 atom stereocenters. The predicted molar refractivity (Wildman–Crippen MR) is 103 cm³/mol. The van der Waals surface area contributed by atoms with Crippen molar-refractivity contribution in [3.63, 3.8) is 0 Å². The summed E-state index contributed by atoms with van der Waals surface area (Å²) < 4.78 is 14.5. The second-order valence-corrected chi connectivity index (χ2v) is 7.36. The average Bonchev–Trinajstić information content (AvgIpc) is 3.06. The Morgan fingerprint density at radius 2 is 2.31 bits per heavy atom. The Bertz CT molecular complexity index is 761. The summed E-state index contributed by atoms with van der Waals surface area (Å²) >= 11 is 3.20. The van der Waals surface area contributed by atoms with Gasteiger partial charge in [0.1, 0.15) is 5.82 Å². The van der Waals surface area contributed by atoms with Gasteiger partial charge >= 0.3 is 0 Å². The number of anilines is 2. The first-order chi connectivity index (χ1) is 12.5. The smallest absolute Gasteiger partial charge is 0.238 e. The van der Waals surface area contributed by atoms with Crippen LogP contribution in [0.3, 0.4) is 0 Å². The highest BCUT2D eigenvalue weighted by Gasteiger charge is 2.27. The number of carbonyl (C=O) groups excluding carboxylic acids is 1. The zero-order chi connectivity index (χ0) is 18.5. The lowest BCUT2D eigenvalue weighted by Crippen LogP contribution is -2.42. The largest absolute Gasteiger partial charge is 0.351 e. The minimum atomic E-state index is -0.458. The molecule has 2 heterocycles. The van der Waals surface area contributed by atoms with E-state index in [2.05, 4.69) is 36.3 Å². The molecule has 1 aliphatic heterocycles. The van der Waals surface area contributed by atoms with Crippen LogP contribution >= 0.6 is 15.9 Å². The van der Waals surface area contributed by atoms with Gasteiger partial charge in [-0.2, -0.15) is 5.10 Å². The van der Waals surface area contributed by atoms with Crippen molar-refractivity contribution in [3.05, 3.63) is 46.8 Å². The highest BCUT2D eigenvalue weighted by molar-refractivity contribution is 9.10. The summed E-state index contributed by atoms with van der Waals surface area (Å²) in [6, 6.07) is 8.69. The van der Waals surface area contributed by atoms with Gasteiger partial charge in [-0.25, -0.2) is 4.39 Å². The molecule has 26 heavy (non-hydrogen) atoms. The zero-order valence-corrected chi connectivity index (χ0v) is 16.1. The summed E-state index contributed by atoms with van der Waals surface area (Å²) in [6.07, 6.45) is 3.79. The fourth-order valence-electron chi connectivity index (χ4n) is 3.22. The Kier molecular flexibility index (Phi) is 6.16. The van der Waals surface area contributed by atoms with Crippen LogP contribution in [-0.4, -0.2) is 53.7 Å². The number of hydrogen-bond acceptors (Lipinski definition) is 5. The molecule has 0 radical (unpaired) electrons. The van der Waals surface area contributed by atoms with E-state index in [9.17, 15) is 9.18 Å². The number of benzene rings is 1. The highest BCUT2D eigenvalue weighted by Crippen LogP contribution is 2.23. The number of nitrogens with zero attached hydrogens (tertiary/aromatic N) is 4. The van der Waals surface area contributed by atoms with Gasteiger partial charge in [0.15, 0.2) is 5.82 Å².